The highest BCUT2D eigenvalue weighted by atomic mass is 127. The smallest absolute Gasteiger partial charge is 0.243 e. The van der Waals surface area contributed by atoms with Gasteiger partial charge >= 0.3 is 0 Å². The third-order valence-corrected chi connectivity index (χ3v) is 3.93. The third kappa shape index (κ3) is 6.01. The van der Waals surface area contributed by atoms with E-state index in [9.17, 15) is 4.79 Å². The van der Waals surface area contributed by atoms with Crippen molar-refractivity contribution in [1.29, 1.82) is 0 Å². The fraction of sp³-hybridized carbons (Fsp3) is 0.300. The number of guanidine groups is 1. The van der Waals surface area contributed by atoms with E-state index >= 15 is 0 Å². The molecule has 26 heavy (non-hydrogen) atoms. The molecule has 6 heteroatoms. The topological polar surface area (TPSA) is 56.7 Å². The molecule has 0 aliphatic rings. The Morgan fingerprint density at radius 3 is 2.62 bits per heavy atom. The number of aliphatic imine (C=N–C) groups is 1. The summed E-state index contributed by atoms with van der Waals surface area (Å²) in [5.74, 6) is 0.549. The summed E-state index contributed by atoms with van der Waals surface area (Å²) < 4.78 is 0. The van der Waals surface area contributed by atoms with Crippen LogP contribution in [0.15, 0.2) is 60.1 Å². The van der Waals surface area contributed by atoms with Gasteiger partial charge in [-0.25, -0.2) is 4.99 Å². The first-order chi connectivity index (χ1) is 12.0. The van der Waals surface area contributed by atoms with Gasteiger partial charge in [0.25, 0.3) is 0 Å². The summed E-state index contributed by atoms with van der Waals surface area (Å²) >= 11 is 0. The molecule has 0 spiro atoms. The highest BCUT2D eigenvalue weighted by Crippen LogP contribution is 2.23. The van der Waals surface area contributed by atoms with Crippen LogP contribution in [0.2, 0.25) is 0 Å². The molecule has 5 nitrogen and oxygen atoms in total. The first-order valence-electron chi connectivity index (χ1n) is 8.36. The molecule has 1 amide bonds. The summed E-state index contributed by atoms with van der Waals surface area (Å²) in [4.78, 5) is 17.7. The first-order valence-corrected chi connectivity index (χ1v) is 8.36. The molecule has 0 radical (unpaired) electrons. The fourth-order valence-corrected chi connectivity index (χ4v) is 2.52. The van der Waals surface area contributed by atoms with Crippen molar-refractivity contribution in [2.45, 2.75) is 13.0 Å². The van der Waals surface area contributed by atoms with Gasteiger partial charge in [-0.05, 0) is 23.3 Å². The standard InChI is InChI=1S/C20H26N4O.HI/c1-5-13-21-20(22-14-19(25)24(3)4)23-15(2)17-12-8-10-16-9-6-7-11-18(16)17;/h5-12,15H,1,13-14H2,2-4H3,(H2,21,22,23);1H. The highest BCUT2D eigenvalue weighted by molar-refractivity contribution is 14.0. The Bertz CT molecular complexity index is 768. The van der Waals surface area contributed by atoms with E-state index in [1.54, 1.807) is 20.2 Å². The molecule has 0 saturated carbocycles. The van der Waals surface area contributed by atoms with Crippen molar-refractivity contribution >= 4 is 46.6 Å². The van der Waals surface area contributed by atoms with Gasteiger partial charge in [0, 0.05) is 20.6 Å². The number of rotatable bonds is 6. The van der Waals surface area contributed by atoms with Gasteiger partial charge in [0.1, 0.15) is 6.54 Å². The van der Waals surface area contributed by atoms with Crippen molar-refractivity contribution in [2.75, 3.05) is 27.2 Å². The van der Waals surface area contributed by atoms with Crippen LogP contribution in [0.1, 0.15) is 18.5 Å². The molecule has 0 saturated heterocycles. The summed E-state index contributed by atoms with van der Waals surface area (Å²) in [6.45, 7) is 6.47. The first kappa shape index (κ1) is 22.0. The number of nitrogens with zero attached hydrogens (tertiary/aromatic N) is 2. The number of carbonyl (C=O) groups is 1. The quantitative estimate of drug-likeness (QED) is 0.297. The Morgan fingerprint density at radius 1 is 1.23 bits per heavy atom. The lowest BCUT2D eigenvalue weighted by Crippen LogP contribution is -2.40. The second-order valence-electron chi connectivity index (χ2n) is 6.06. The van der Waals surface area contributed by atoms with Crippen LogP contribution in [0.3, 0.4) is 0 Å². The lowest BCUT2D eigenvalue weighted by molar-refractivity contribution is -0.127. The monoisotopic (exact) mass is 466 g/mol. The van der Waals surface area contributed by atoms with Gasteiger partial charge < -0.3 is 15.5 Å². The minimum Gasteiger partial charge on any atom is -0.353 e. The van der Waals surface area contributed by atoms with E-state index < -0.39 is 0 Å². The minimum atomic E-state index is -0.0440. The van der Waals surface area contributed by atoms with E-state index in [0.29, 0.717) is 12.5 Å². The summed E-state index contributed by atoms with van der Waals surface area (Å²) in [7, 11) is 3.45. The minimum absolute atomic E-state index is 0. The molecule has 2 N–H and O–H groups in total. The largest absolute Gasteiger partial charge is 0.353 e. The lowest BCUT2D eigenvalue weighted by Gasteiger charge is -2.20. The number of fused-ring (bicyclic) bond motifs is 1. The zero-order valence-electron chi connectivity index (χ0n) is 15.5. The van der Waals surface area contributed by atoms with E-state index in [0.717, 1.165) is 0 Å². The van der Waals surface area contributed by atoms with Crippen molar-refractivity contribution in [3.8, 4) is 0 Å². The molecule has 0 fully saturated rings. The average molecular weight is 466 g/mol. The zero-order valence-corrected chi connectivity index (χ0v) is 17.9. The van der Waals surface area contributed by atoms with Crippen molar-refractivity contribution in [3.05, 3.63) is 60.7 Å². The summed E-state index contributed by atoms with van der Waals surface area (Å²) in [5.41, 5.74) is 1.19. The van der Waals surface area contributed by atoms with Crippen LogP contribution >= 0.6 is 24.0 Å². The van der Waals surface area contributed by atoms with Crippen molar-refractivity contribution in [1.82, 2.24) is 15.5 Å². The number of benzene rings is 2. The Hall–Kier alpha value is -2.09. The Balaban J connectivity index is 0.00000338. The maximum atomic E-state index is 11.8. The molecule has 1 unspecified atom stereocenters. The molecule has 0 bridgehead atoms. The Kier molecular flexibility index (Phi) is 9.12. The normalized spacial score (nSPS) is 12.0. The van der Waals surface area contributed by atoms with Crippen LogP contribution in [-0.4, -0.2) is 44.0 Å². The molecular weight excluding hydrogens is 439 g/mol. The summed E-state index contributed by atoms with van der Waals surface area (Å²) in [6, 6.07) is 14.6. The Labute approximate surface area is 172 Å². The van der Waals surface area contributed by atoms with Gasteiger partial charge in [-0.3, -0.25) is 4.79 Å². The maximum absolute atomic E-state index is 11.8. The van der Waals surface area contributed by atoms with Crippen molar-refractivity contribution < 1.29 is 4.79 Å². The number of hydrogen-bond donors (Lipinski definition) is 2. The molecule has 0 aromatic heterocycles. The number of hydrogen-bond acceptors (Lipinski definition) is 2. The summed E-state index contributed by atoms with van der Waals surface area (Å²) in [6.07, 6.45) is 1.76. The van der Waals surface area contributed by atoms with Crippen molar-refractivity contribution in [3.63, 3.8) is 0 Å². The van der Waals surface area contributed by atoms with E-state index in [-0.39, 0.29) is 42.5 Å². The number of nitrogens with one attached hydrogen (secondary N) is 2. The van der Waals surface area contributed by atoms with Gasteiger partial charge in [0.2, 0.25) is 5.91 Å². The fourth-order valence-electron chi connectivity index (χ4n) is 2.52. The van der Waals surface area contributed by atoms with E-state index in [2.05, 4.69) is 59.5 Å². The van der Waals surface area contributed by atoms with Crippen LogP contribution in [0, 0.1) is 0 Å². The highest BCUT2D eigenvalue weighted by Gasteiger charge is 2.11. The zero-order chi connectivity index (χ0) is 18.2. The number of likely N-dealkylation sites (N-methyl/N-ethyl adjacent to an activating group) is 1. The molecule has 140 valence electrons. The molecule has 2 aromatic rings. The van der Waals surface area contributed by atoms with Gasteiger partial charge in [-0.15, -0.1) is 30.6 Å². The SMILES string of the molecule is C=CCNC(=NCC(=O)N(C)C)NC(C)c1cccc2ccccc12.I. The lowest BCUT2D eigenvalue weighted by atomic mass is 10.00. The van der Waals surface area contributed by atoms with E-state index in [1.807, 2.05) is 12.1 Å². The van der Waals surface area contributed by atoms with Gasteiger partial charge in [-0.1, -0.05) is 48.5 Å². The van der Waals surface area contributed by atoms with Gasteiger partial charge in [-0.2, -0.15) is 0 Å². The van der Waals surface area contributed by atoms with E-state index in [1.165, 1.54) is 21.2 Å². The summed E-state index contributed by atoms with van der Waals surface area (Å²) in [5, 5.41) is 8.95. The number of amides is 1. The predicted molar refractivity (Wildman–Crippen MR) is 120 cm³/mol. The number of halogens is 1. The Morgan fingerprint density at radius 2 is 1.92 bits per heavy atom. The van der Waals surface area contributed by atoms with Gasteiger partial charge in [0.05, 0.1) is 6.04 Å². The van der Waals surface area contributed by atoms with Crippen LogP contribution < -0.4 is 10.6 Å². The second-order valence-corrected chi connectivity index (χ2v) is 6.06. The number of carbonyl (C=O) groups excluding carboxylic acids is 1. The van der Waals surface area contributed by atoms with Crippen LogP contribution in [-0.2, 0) is 4.79 Å². The second kappa shape index (κ2) is 10.8. The van der Waals surface area contributed by atoms with E-state index in [4.69, 9.17) is 0 Å². The molecule has 1 atom stereocenters. The van der Waals surface area contributed by atoms with Crippen LogP contribution in [0.5, 0.6) is 0 Å². The molecule has 0 heterocycles. The molecule has 0 aliphatic heterocycles. The molecule has 2 aromatic carbocycles. The maximum Gasteiger partial charge on any atom is 0.243 e. The third-order valence-electron chi connectivity index (χ3n) is 3.93. The van der Waals surface area contributed by atoms with Crippen LogP contribution in [0.25, 0.3) is 10.8 Å². The molecule has 2 rings (SSSR count). The van der Waals surface area contributed by atoms with Crippen molar-refractivity contribution in [2.24, 2.45) is 4.99 Å². The molecule has 0 aliphatic carbocycles. The predicted octanol–water partition coefficient (Wildman–Crippen LogP) is 3.33. The average Bonchev–Trinajstić information content (AvgIpc) is 2.62. The molecular formula is C20H27IN4O. The van der Waals surface area contributed by atoms with Crippen LogP contribution in [0.4, 0.5) is 0 Å². The van der Waals surface area contributed by atoms with Gasteiger partial charge in [0.15, 0.2) is 5.96 Å².